The van der Waals surface area contributed by atoms with E-state index >= 15 is 0 Å². The first-order valence-electron chi connectivity index (χ1n) is 6.03. The van der Waals surface area contributed by atoms with Crippen LogP contribution in [0.5, 0.6) is 0 Å². The van der Waals surface area contributed by atoms with Gasteiger partial charge in [-0.05, 0) is 25.8 Å². The van der Waals surface area contributed by atoms with Crippen LogP contribution in [0.4, 0.5) is 0 Å². The highest BCUT2D eigenvalue weighted by molar-refractivity contribution is 5.05. The molecule has 0 aromatic heterocycles. The van der Waals surface area contributed by atoms with Gasteiger partial charge in [-0.3, -0.25) is 0 Å². The predicted octanol–water partition coefficient (Wildman–Crippen LogP) is 2.39. The molecule has 0 aromatic rings. The first-order chi connectivity index (χ1) is 8.03. The Kier molecular flexibility index (Phi) is 3.32. The maximum Gasteiger partial charge on any atom is 0.164 e. The number of ether oxygens (including phenoxy) is 3. The Balaban J connectivity index is 2.19. The van der Waals surface area contributed by atoms with E-state index in [0.29, 0.717) is 6.61 Å². The number of rotatable bonds is 4. The molecular formula is C11H19N3O3. The van der Waals surface area contributed by atoms with E-state index in [1.807, 2.05) is 13.8 Å². The monoisotopic (exact) mass is 241 g/mol. The third-order valence-corrected chi connectivity index (χ3v) is 3.23. The van der Waals surface area contributed by atoms with Crippen LogP contribution in [0.25, 0.3) is 10.4 Å². The summed E-state index contributed by atoms with van der Waals surface area (Å²) < 4.78 is 17.6. The second kappa shape index (κ2) is 4.46. The van der Waals surface area contributed by atoms with Crippen LogP contribution in [-0.4, -0.2) is 36.7 Å². The summed E-state index contributed by atoms with van der Waals surface area (Å²) in [5.74, 6) is -0.634. The molecule has 2 saturated heterocycles. The van der Waals surface area contributed by atoms with Crippen molar-refractivity contribution in [1.29, 1.82) is 0 Å². The molecule has 3 atom stereocenters. The first kappa shape index (κ1) is 12.6. The fourth-order valence-corrected chi connectivity index (χ4v) is 2.68. The summed E-state index contributed by atoms with van der Waals surface area (Å²) in [5.41, 5.74) is 7.86. The zero-order chi connectivity index (χ0) is 12.5. The minimum atomic E-state index is -0.634. The molecule has 17 heavy (non-hydrogen) atoms. The van der Waals surface area contributed by atoms with Gasteiger partial charge in [-0.1, -0.05) is 18.5 Å². The van der Waals surface area contributed by atoms with Crippen molar-refractivity contribution >= 4 is 0 Å². The van der Waals surface area contributed by atoms with Gasteiger partial charge >= 0.3 is 0 Å². The van der Waals surface area contributed by atoms with Crippen molar-refractivity contribution in [3.8, 4) is 0 Å². The number of hydrogen-bond acceptors (Lipinski definition) is 4. The lowest BCUT2D eigenvalue weighted by Crippen LogP contribution is -2.44. The topological polar surface area (TPSA) is 76.5 Å². The summed E-state index contributed by atoms with van der Waals surface area (Å²) in [7, 11) is 0. The normalized spacial score (nSPS) is 38.8. The lowest BCUT2D eigenvalue weighted by Gasteiger charge is -2.24. The van der Waals surface area contributed by atoms with Gasteiger partial charge in [0, 0.05) is 4.91 Å². The van der Waals surface area contributed by atoms with Crippen LogP contribution < -0.4 is 0 Å². The Hall–Kier alpha value is -0.810. The van der Waals surface area contributed by atoms with Gasteiger partial charge < -0.3 is 14.2 Å². The van der Waals surface area contributed by atoms with Crippen LogP contribution in [0.15, 0.2) is 5.11 Å². The molecule has 2 rings (SSSR count). The molecule has 0 bridgehead atoms. The van der Waals surface area contributed by atoms with E-state index in [2.05, 4.69) is 16.9 Å². The summed E-state index contributed by atoms with van der Waals surface area (Å²) in [4.78, 5) is 2.81. The molecule has 0 radical (unpaired) electrons. The van der Waals surface area contributed by atoms with Crippen molar-refractivity contribution in [1.82, 2.24) is 0 Å². The third kappa shape index (κ3) is 2.26. The Morgan fingerprint density at radius 3 is 2.88 bits per heavy atom. The standard InChI is InChI=1S/C11H19N3O3/c1-4-5-8-9-11(7-15-8,6-13-14-12)17-10(2,3)16-9/h8-9H,4-7H2,1-3H3/t8-,9-,11+/m1/s1. The van der Waals surface area contributed by atoms with E-state index in [0.717, 1.165) is 12.8 Å². The van der Waals surface area contributed by atoms with Crippen LogP contribution in [0.2, 0.25) is 0 Å². The van der Waals surface area contributed by atoms with E-state index in [-0.39, 0.29) is 18.8 Å². The Morgan fingerprint density at radius 1 is 1.47 bits per heavy atom. The number of fused-ring (bicyclic) bond motifs is 1. The molecule has 0 aliphatic carbocycles. The summed E-state index contributed by atoms with van der Waals surface area (Å²) >= 11 is 0. The lowest BCUT2D eigenvalue weighted by atomic mass is 9.95. The molecule has 0 spiro atoms. The average Bonchev–Trinajstić information content (AvgIpc) is 2.69. The summed E-state index contributed by atoms with van der Waals surface area (Å²) in [6.45, 7) is 6.57. The van der Waals surface area contributed by atoms with Crippen molar-refractivity contribution in [2.45, 2.75) is 57.2 Å². The molecule has 0 unspecified atom stereocenters. The third-order valence-electron chi connectivity index (χ3n) is 3.23. The highest BCUT2D eigenvalue weighted by Crippen LogP contribution is 2.44. The zero-order valence-electron chi connectivity index (χ0n) is 10.5. The molecule has 0 amide bonds. The van der Waals surface area contributed by atoms with Crippen molar-refractivity contribution in [2.75, 3.05) is 13.2 Å². The molecule has 0 saturated carbocycles. The van der Waals surface area contributed by atoms with Gasteiger partial charge in [0.05, 0.1) is 19.3 Å². The molecule has 0 aromatic carbocycles. The van der Waals surface area contributed by atoms with Crippen LogP contribution in [0, 0.1) is 0 Å². The molecule has 6 heteroatoms. The smallest absolute Gasteiger partial charge is 0.164 e. The SMILES string of the molecule is CCC[C@H]1OC[C@]2(CN=[N+]=[N-])OC(C)(C)O[C@H]12. The number of nitrogens with zero attached hydrogens (tertiary/aromatic N) is 3. The van der Waals surface area contributed by atoms with Crippen LogP contribution in [0.1, 0.15) is 33.6 Å². The Labute approximate surface area is 101 Å². The Bertz CT molecular complexity index is 341. The van der Waals surface area contributed by atoms with E-state index in [4.69, 9.17) is 19.7 Å². The number of hydrogen-bond donors (Lipinski definition) is 0. The zero-order valence-corrected chi connectivity index (χ0v) is 10.5. The second-order valence-corrected chi connectivity index (χ2v) is 5.13. The maximum atomic E-state index is 8.46. The van der Waals surface area contributed by atoms with E-state index in [1.165, 1.54) is 0 Å². The fourth-order valence-electron chi connectivity index (χ4n) is 2.68. The van der Waals surface area contributed by atoms with Gasteiger partial charge in [0.15, 0.2) is 5.79 Å². The van der Waals surface area contributed by atoms with Crippen LogP contribution in [0.3, 0.4) is 0 Å². The quantitative estimate of drug-likeness (QED) is 0.430. The fraction of sp³-hybridized carbons (Fsp3) is 1.00. The summed E-state index contributed by atoms with van der Waals surface area (Å²) in [6.07, 6.45) is 1.86. The van der Waals surface area contributed by atoms with Crippen molar-refractivity contribution in [3.05, 3.63) is 10.4 Å². The average molecular weight is 241 g/mol. The molecule has 2 heterocycles. The van der Waals surface area contributed by atoms with Crippen LogP contribution in [-0.2, 0) is 14.2 Å². The lowest BCUT2D eigenvalue weighted by molar-refractivity contribution is -0.188. The molecule has 2 aliphatic heterocycles. The van der Waals surface area contributed by atoms with Crippen molar-refractivity contribution < 1.29 is 14.2 Å². The largest absolute Gasteiger partial charge is 0.372 e. The van der Waals surface area contributed by atoms with Gasteiger partial charge in [0.1, 0.15) is 11.7 Å². The van der Waals surface area contributed by atoms with Gasteiger partial charge in [-0.15, -0.1) is 0 Å². The van der Waals surface area contributed by atoms with Gasteiger partial charge in [-0.25, -0.2) is 0 Å². The second-order valence-electron chi connectivity index (χ2n) is 5.13. The van der Waals surface area contributed by atoms with Crippen molar-refractivity contribution in [3.63, 3.8) is 0 Å². The van der Waals surface area contributed by atoms with Gasteiger partial charge in [0.25, 0.3) is 0 Å². The molecule has 2 fully saturated rings. The van der Waals surface area contributed by atoms with Crippen LogP contribution >= 0.6 is 0 Å². The van der Waals surface area contributed by atoms with E-state index < -0.39 is 11.4 Å². The molecular weight excluding hydrogens is 222 g/mol. The minimum absolute atomic E-state index is 0.0377. The summed E-state index contributed by atoms with van der Waals surface area (Å²) in [6, 6.07) is 0. The summed E-state index contributed by atoms with van der Waals surface area (Å²) in [5, 5.41) is 3.64. The van der Waals surface area contributed by atoms with Gasteiger partial charge in [-0.2, -0.15) is 0 Å². The Morgan fingerprint density at radius 2 is 2.24 bits per heavy atom. The van der Waals surface area contributed by atoms with Crippen molar-refractivity contribution in [2.24, 2.45) is 5.11 Å². The molecule has 2 aliphatic rings. The predicted molar refractivity (Wildman–Crippen MR) is 61.4 cm³/mol. The highest BCUT2D eigenvalue weighted by atomic mass is 16.8. The minimum Gasteiger partial charge on any atom is -0.372 e. The van der Waals surface area contributed by atoms with E-state index in [9.17, 15) is 0 Å². The maximum absolute atomic E-state index is 8.46. The first-order valence-corrected chi connectivity index (χ1v) is 6.03. The van der Waals surface area contributed by atoms with E-state index in [1.54, 1.807) is 0 Å². The molecule has 0 N–H and O–H groups in total. The molecule has 96 valence electrons. The molecule has 6 nitrogen and oxygen atoms in total. The van der Waals surface area contributed by atoms with Gasteiger partial charge in [0.2, 0.25) is 0 Å². The highest BCUT2D eigenvalue weighted by Gasteiger charge is 2.60. The number of azide groups is 1.